The van der Waals surface area contributed by atoms with Gasteiger partial charge in [-0.3, -0.25) is 14.4 Å². The average molecular weight is 415 g/mol. The lowest BCUT2D eigenvalue weighted by Crippen LogP contribution is -2.44. The van der Waals surface area contributed by atoms with Crippen molar-refractivity contribution < 1.29 is 33.3 Å². The molecule has 1 aliphatic rings. The van der Waals surface area contributed by atoms with Crippen molar-refractivity contribution in [2.24, 2.45) is 16.2 Å². The number of carbonyl (C=O) groups is 3. The number of hydrogen-bond donors (Lipinski definition) is 0. The van der Waals surface area contributed by atoms with Crippen molar-refractivity contribution in [3.63, 3.8) is 0 Å². The molecule has 2 atom stereocenters. The molecule has 1 fully saturated rings. The van der Waals surface area contributed by atoms with Crippen LogP contribution < -0.4 is 0 Å². The normalized spacial score (nSPS) is 19.3. The summed E-state index contributed by atoms with van der Waals surface area (Å²) in [5, 5.41) is 0. The van der Waals surface area contributed by atoms with E-state index in [1.54, 1.807) is 0 Å². The summed E-state index contributed by atoms with van der Waals surface area (Å²) < 4.78 is 20.7. The largest absolute Gasteiger partial charge is 0.465 e. The standard InChI is InChI=1S/C22H38O7/c1-20(2,3)15-22(7,21(4,5)6)19(25)28-14-10-16(23)26-13-11-17(24)29-18-9-8-12-27-18/h18H,8-15H2,1-7H3. The Labute approximate surface area is 174 Å². The molecule has 1 rings (SSSR count). The average Bonchev–Trinajstić information content (AvgIpc) is 3.04. The zero-order chi connectivity index (χ0) is 22.3. The van der Waals surface area contributed by atoms with Crippen LogP contribution in [0.4, 0.5) is 0 Å². The maximum atomic E-state index is 12.8. The maximum absolute atomic E-state index is 12.8. The highest BCUT2D eigenvalue weighted by molar-refractivity contribution is 5.78. The monoisotopic (exact) mass is 414 g/mol. The molecule has 1 heterocycles. The fourth-order valence-corrected chi connectivity index (χ4v) is 3.26. The molecule has 29 heavy (non-hydrogen) atoms. The highest BCUT2D eigenvalue weighted by Crippen LogP contribution is 2.47. The first-order chi connectivity index (χ1) is 13.2. The molecule has 168 valence electrons. The minimum absolute atomic E-state index is 0.0287. The second-order valence-electron chi connectivity index (χ2n) is 10.1. The van der Waals surface area contributed by atoms with Gasteiger partial charge in [0.25, 0.3) is 0 Å². The van der Waals surface area contributed by atoms with Crippen LogP contribution in [0.25, 0.3) is 0 Å². The van der Waals surface area contributed by atoms with Gasteiger partial charge in [0.2, 0.25) is 6.29 Å². The Balaban J connectivity index is 2.35. The first-order valence-corrected chi connectivity index (χ1v) is 10.4. The van der Waals surface area contributed by atoms with E-state index in [4.69, 9.17) is 18.9 Å². The molecule has 0 aliphatic carbocycles. The van der Waals surface area contributed by atoms with Gasteiger partial charge in [0, 0.05) is 6.42 Å². The summed E-state index contributed by atoms with van der Waals surface area (Å²) in [6.45, 7) is 14.7. The fourth-order valence-electron chi connectivity index (χ4n) is 3.26. The number of rotatable bonds is 9. The number of hydrogen-bond acceptors (Lipinski definition) is 7. The second kappa shape index (κ2) is 10.4. The zero-order valence-electron chi connectivity index (χ0n) is 19.1. The third-order valence-corrected chi connectivity index (χ3v) is 5.25. The molecule has 2 unspecified atom stereocenters. The van der Waals surface area contributed by atoms with Crippen LogP contribution in [0.5, 0.6) is 0 Å². The second-order valence-corrected chi connectivity index (χ2v) is 10.1. The van der Waals surface area contributed by atoms with Crippen molar-refractivity contribution in [3.05, 3.63) is 0 Å². The van der Waals surface area contributed by atoms with E-state index in [0.29, 0.717) is 19.4 Å². The topological polar surface area (TPSA) is 88.1 Å². The van der Waals surface area contributed by atoms with Gasteiger partial charge in [-0.25, -0.2) is 0 Å². The van der Waals surface area contributed by atoms with Crippen molar-refractivity contribution in [1.82, 2.24) is 0 Å². The smallest absolute Gasteiger partial charge is 0.312 e. The summed E-state index contributed by atoms with van der Waals surface area (Å²) in [5.41, 5.74) is -1.01. The van der Waals surface area contributed by atoms with Crippen LogP contribution in [-0.4, -0.2) is 44.0 Å². The summed E-state index contributed by atoms with van der Waals surface area (Å²) in [6.07, 6.45) is 1.67. The van der Waals surface area contributed by atoms with Gasteiger partial charge in [0.1, 0.15) is 13.2 Å². The molecule has 0 N–H and O–H groups in total. The van der Waals surface area contributed by atoms with E-state index < -0.39 is 23.6 Å². The van der Waals surface area contributed by atoms with Gasteiger partial charge in [-0.05, 0) is 30.6 Å². The van der Waals surface area contributed by atoms with E-state index in [-0.39, 0.29) is 42.9 Å². The molecule has 1 aliphatic heterocycles. The molecule has 0 spiro atoms. The van der Waals surface area contributed by atoms with E-state index in [1.807, 2.05) is 27.7 Å². The molecular weight excluding hydrogens is 376 g/mol. The summed E-state index contributed by atoms with van der Waals surface area (Å²) >= 11 is 0. The van der Waals surface area contributed by atoms with Crippen molar-refractivity contribution in [2.45, 2.75) is 86.9 Å². The first-order valence-electron chi connectivity index (χ1n) is 10.4. The molecule has 1 saturated heterocycles. The zero-order valence-corrected chi connectivity index (χ0v) is 19.1. The molecule has 7 heteroatoms. The Hall–Kier alpha value is -1.63. The van der Waals surface area contributed by atoms with Gasteiger partial charge < -0.3 is 18.9 Å². The minimum Gasteiger partial charge on any atom is -0.465 e. The lowest BCUT2D eigenvalue weighted by molar-refractivity contribution is -0.171. The minimum atomic E-state index is -0.679. The molecular formula is C22H38O7. The van der Waals surface area contributed by atoms with E-state index >= 15 is 0 Å². The van der Waals surface area contributed by atoms with Crippen LogP contribution in [0.3, 0.4) is 0 Å². The van der Waals surface area contributed by atoms with E-state index in [2.05, 4.69) is 20.8 Å². The third kappa shape index (κ3) is 8.72. The molecule has 0 aromatic rings. The maximum Gasteiger partial charge on any atom is 0.312 e. The van der Waals surface area contributed by atoms with E-state index in [9.17, 15) is 14.4 Å². The van der Waals surface area contributed by atoms with Crippen LogP contribution in [0.15, 0.2) is 0 Å². The van der Waals surface area contributed by atoms with E-state index in [0.717, 1.165) is 6.42 Å². The van der Waals surface area contributed by atoms with Gasteiger partial charge in [-0.15, -0.1) is 0 Å². The summed E-state index contributed by atoms with van der Waals surface area (Å²) in [7, 11) is 0. The van der Waals surface area contributed by atoms with Gasteiger partial charge in [0.15, 0.2) is 0 Å². The van der Waals surface area contributed by atoms with Gasteiger partial charge in [-0.2, -0.15) is 0 Å². The number of ether oxygens (including phenoxy) is 4. The lowest BCUT2D eigenvalue weighted by atomic mass is 9.61. The molecule has 0 radical (unpaired) electrons. The molecule has 0 aromatic carbocycles. The van der Waals surface area contributed by atoms with E-state index in [1.165, 1.54) is 0 Å². The molecule has 0 saturated carbocycles. The van der Waals surface area contributed by atoms with Gasteiger partial charge in [-0.1, -0.05) is 41.5 Å². The van der Waals surface area contributed by atoms with Crippen LogP contribution in [0.1, 0.15) is 80.6 Å². The Morgan fingerprint density at radius 2 is 1.48 bits per heavy atom. The quantitative estimate of drug-likeness (QED) is 0.416. The predicted octanol–water partition coefficient (Wildman–Crippen LogP) is 4.02. The summed E-state index contributed by atoms with van der Waals surface area (Å²) in [6, 6.07) is 0. The van der Waals surface area contributed by atoms with Crippen LogP contribution in [-0.2, 0) is 33.3 Å². The number of carbonyl (C=O) groups excluding carboxylic acids is 3. The molecule has 0 amide bonds. The third-order valence-electron chi connectivity index (χ3n) is 5.25. The Bertz CT molecular complexity index is 565. The fraction of sp³-hybridized carbons (Fsp3) is 0.864. The van der Waals surface area contributed by atoms with Crippen molar-refractivity contribution in [1.29, 1.82) is 0 Å². The van der Waals surface area contributed by atoms with Crippen molar-refractivity contribution in [3.8, 4) is 0 Å². The predicted molar refractivity (Wildman–Crippen MR) is 108 cm³/mol. The van der Waals surface area contributed by atoms with Crippen LogP contribution in [0.2, 0.25) is 0 Å². The van der Waals surface area contributed by atoms with Crippen molar-refractivity contribution in [2.75, 3.05) is 19.8 Å². The molecule has 0 aromatic heterocycles. The highest BCUT2D eigenvalue weighted by Gasteiger charge is 2.47. The Morgan fingerprint density at radius 3 is 2.00 bits per heavy atom. The van der Waals surface area contributed by atoms with Crippen LogP contribution in [0, 0.1) is 16.2 Å². The van der Waals surface area contributed by atoms with Gasteiger partial charge in [0.05, 0.1) is 24.9 Å². The Kier molecular flexibility index (Phi) is 9.12. The summed E-state index contributed by atoms with van der Waals surface area (Å²) in [5.74, 6) is -1.29. The highest BCUT2D eigenvalue weighted by atomic mass is 16.7. The molecule has 0 bridgehead atoms. The van der Waals surface area contributed by atoms with Gasteiger partial charge >= 0.3 is 17.9 Å². The SMILES string of the molecule is CC(C)(C)CC(C)(C(=O)OCCC(=O)OCCC(=O)OC1CCCO1)C(C)(C)C. The Morgan fingerprint density at radius 1 is 0.897 bits per heavy atom. The molecule has 7 nitrogen and oxygen atoms in total. The first kappa shape index (κ1) is 25.4. The lowest BCUT2D eigenvalue weighted by Gasteiger charge is -2.43. The van der Waals surface area contributed by atoms with Crippen molar-refractivity contribution >= 4 is 17.9 Å². The number of esters is 3. The van der Waals surface area contributed by atoms with Crippen LogP contribution >= 0.6 is 0 Å². The summed E-state index contributed by atoms with van der Waals surface area (Å²) in [4.78, 5) is 36.3.